The van der Waals surface area contributed by atoms with Crippen molar-refractivity contribution in [3.8, 4) is 0 Å². The molecule has 2 N–H and O–H groups in total. The summed E-state index contributed by atoms with van der Waals surface area (Å²) < 4.78 is 0. The number of hydrogen-bond donors (Lipinski definition) is 1. The van der Waals surface area contributed by atoms with Gasteiger partial charge in [-0.25, -0.2) is 4.79 Å². The van der Waals surface area contributed by atoms with Crippen LogP contribution in [0.25, 0.3) is 0 Å². The van der Waals surface area contributed by atoms with Crippen LogP contribution in [0.15, 0.2) is 53.7 Å². The highest BCUT2D eigenvalue weighted by molar-refractivity contribution is 6.30. The van der Waals surface area contributed by atoms with Gasteiger partial charge >= 0.3 is 5.97 Å². The highest BCUT2D eigenvalue weighted by atomic mass is 35.5. The van der Waals surface area contributed by atoms with Crippen LogP contribution in [0, 0.1) is 6.92 Å². The molecule has 0 atom stereocenters. The second kappa shape index (κ2) is 6.90. The Morgan fingerprint density at radius 2 is 1.76 bits per heavy atom. The molecule has 0 bridgehead atoms. The van der Waals surface area contributed by atoms with E-state index in [1.807, 2.05) is 31.2 Å². The van der Waals surface area contributed by atoms with Gasteiger partial charge in [0.1, 0.15) is 5.84 Å². The highest BCUT2D eigenvalue weighted by Gasteiger charge is 2.07. The van der Waals surface area contributed by atoms with Crippen LogP contribution in [0.2, 0.25) is 5.02 Å². The predicted molar refractivity (Wildman–Crippen MR) is 83.4 cm³/mol. The van der Waals surface area contributed by atoms with E-state index in [9.17, 15) is 4.79 Å². The first-order chi connectivity index (χ1) is 10.0. The molecular weight excluding hydrogens is 288 g/mol. The summed E-state index contributed by atoms with van der Waals surface area (Å²) >= 11 is 5.80. The van der Waals surface area contributed by atoms with E-state index in [4.69, 9.17) is 22.2 Å². The smallest absolute Gasteiger partial charge is 0.365 e. The number of carbonyl (C=O) groups is 1. The Bertz CT molecular complexity index is 649. The Balaban J connectivity index is 1.95. The van der Waals surface area contributed by atoms with Gasteiger partial charge in [0.05, 0.1) is 5.56 Å². The van der Waals surface area contributed by atoms with Crippen LogP contribution >= 0.6 is 11.6 Å². The standard InChI is InChI=1S/C16H15ClN2O2/c1-11-2-6-13(7-3-11)16(20)21-19-15(18)10-12-4-8-14(17)9-5-12/h2-9H,10H2,1H3,(H2,18,19). The Morgan fingerprint density at radius 1 is 1.14 bits per heavy atom. The summed E-state index contributed by atoms with van der Waals surface area (Å²) in [6.45, 7) is 1.94. The van der Waals surface area contributed by atoms with E-state index < -0.39 is 5.97 Å². The largest absolute Gasteiger partial charge is 0.384 e. The number of amidine groups is 1. The van der Waals surface area contributed by atoms with Gasteiger partial charge in [-0.15, -0.1) is 0 Å². The van der Waals surface area contributed by atoms with Crippen LogP contribution in [-0.4, -0.2) is 11.8 Å². The van der Waals surface area contributed by atoms with Crippen molar-refractivity contribution in [1.82, 2.24) is 0 Å². The van der Waals surface area contributed by atoms with E-state index in [1.165, 1.54) is 0 Å². The van der Waals surface area contributed by atoms with Crippen molar-refractivity contribution in [2.24, 2.45) is 10.9 Å². The molecule has 0 radical (unpaired) electrons. The monoisotopic (exact) mass is 302 g/mol. The van der Waals surface area contributed by atoms with Crippen molar-refractivity contribution in [2.45, 2.75) is 13.3 Å². The molecule has 2 rings (SSSR count). The fourth-order valence-corrected chi connectivity index (χ4v) is 1.81. The minimum absolute atomic E-state index is 0.220. The van der Waals surface area contributed by atoms with E-state index in [2.05, 4.69) is 5.16 Å². The molecule has 0 unspecified atom stereocenters. The first kappa shape index (κ1) is 15.1. The molecule has 21 heavy (non-hydrogen) atoms. The summed E-state index contributed by atoms with van der Waals surface area (Å²) in [4.78, 5) is 16.6. The number of nitrogens with zero attached hydrogens (tertiary/aromatic N) is 1. The third-order valence-corrected chi connectivity index (χ3v) is 3.08. The summed E-state index contributed by atoms with van der Waals surface area (Å²) in [5, 5.41) is 4.31. The van der Waals surface area contributed by atoms with Gasteiger partial charge in [-0.05, 0) is 36.8 Å². The minimum atomic E-state index is -0.533. The van der Waals surface area contributed by atoms with Crippen molar-refractivity contribution in [1.29, 1.82) is 0 Å². The molecule has 0 aliphatic carbocycles. The lowest BCUT2D eigenvalue weighted by Crippen LogP contribution is -2.16. The number of oxime groups is 1. The molecule has 2 aromatic rings. The lowest BCUT2D eigenvalue weighted by atomic mass is 10.1. The molecule has 0 spiro atoms. The zero-order valence-corrected chi connectivity index (χ0v) is 12.3. The Hall–Kier alpha value is -2.33. The molecule has 0 saturated heterocycles. The number of nitrogens with two attached hydrogens (primary N) is 1. The van der Waals surface area contributed by atoms with E-state index in [0.29, 0.717) is 17.0 Å². The Kier molecular flexibility index (Phi) is 4.95. The quantitative estimate of drug-likeness (QED) is 0.408. The number of benzene rings is 2. The van der Waals surface area contributed by atoms with Gasteiger partial charge in [0.2, 0.25) is 0 Å². The molecule has 0 aliphatic heterocycles. The molecule has 0 heterocycles. The van der Waals surface area contributed by atoms with Crippen LogP contribution in [-0.2, 0) is 11.3 Å². The van der Waals surface area contributed by atoms with Gasteiger partial charge in [0, 0.05) is 11.4 Å². The topological polar surface area (TPSA) is 64.7 Å². The molecule has 0 saturated carbocycles. The molecule has 4 nitrogen and oxygen atoms in total. The van der Waals surface area contributed by atoms with Crippen LogP contribution < -0.4 is 5.73 Å². The normalized spacial score (nSPS) is 11.2. The van der Waals surface area contributed by atoms with E-state index >= 15 is 0 Å². The van der Waals surface area contributed by atoms with Gasteiger partial charge in [-0.3, -0.25) is 0 Å². The summed E-state index contributed by atoms with van der Waals surface area (Å²) in [5.41, 5.74) is 8.17. The average molecular weight is 303 g/mol. The van der Waals surface area contributed by atoms with Crippen LogP contribution in [0.4, 0.5) is 0 Å². The first-order valence-corrected chi connectivity index (χ1v) is 6.77. The van der Waals surface area contributed by atoms with Gasteiger partial charge in [-0.1, -0.05) is 46.6 Å². The van der Waals surface area contributed by atoms with Gasteiger partial charge in [0.25, 0.3) is 0 Å². The summed E-state index contributed by atoms with van der Waals surface area (Å²) in [6, 6.07) is 14.2. The number of carbonyl (C=O) groups excluding carboxylic acids is 1. The molecular formula is C16H15ClN2O2. The SMILES string of the molecule is Cc1ccc(C(=O)O/N=C(/N)Cc2ccc(Cl)cc2)cc1. The van der Waals surface area contributed by atoms with E-state index in [1.54, 1.807) is 24.3 Å². The second-order valence-electron chi connectivity index (χ2n) is 4.63. The van der Waals surface area contributed by atoms with E-state index in [-0.39, 0.29) is 5.84 Å². The number of aryl methyl sites for hydroxylation is 1. The zero-order valence-electron chi connectivity index (χ0n) is 11.5. The molecule has 2 aromatic carbocycles. The number of hydrogen-bond acceptors (Lipinski definition) is 3. The van der Waals surface area contributed by atoms with Crippen molar-refractivity contribution in [3.63, 3.8) is 0 Å². The molecule has 0 aliphatic rings. The maximum atomic E-state index is 11.8. The van der Waals surface area contributed by atoms with Crippen LogP contribution in [0.5, 0.6) is 0 Å². The van der Waals surface area contributed by atoms with Crippen molar-refractivity contribution < 1.29 is 9.63 Å². The summed E-state index contributed by atoms with van der Waals surface area (Å²) in [5.74, 6) is -0.313. The summed E-state index contributed by atoms with van der Waals surface area (Å²) in [7, 11) is 0. The third-order valence-electron chi connectivity index (χ3n) is 2.83. The zero-order chi connectivity index (χ0) is 15.2. The average Bonchev–Trinajstić information content (AvgIpc) is 2.48. The minimum Gasteiger partial charge on any atom is -0.384 e. The Morgan fingerprint density at radius 3 is 2.38 bits per heavy atom. The van der Waals surface area contributed by atoms with Crippen LogP contribution in [0.3, 0.4) is 0 Å². The van der Waals surface area contributed by atoms with Crippen molar-refractivity contribution in [3.05, 3.63) is 70.2 Å². The fraction of sp³-hybridized carbons (Fsp3) is 0.125. The predicted octanol–water partition coefficient (Wildman–Crippen LogP) is 3.32. The van der Waals surface area contributed by atoms with Crippen LogP contribution in [0.1, 0.15) is 21.5 Å². The fourth-order valence-electron chi connectivity index (χ4n) is 1.69. The van der Waals surface area contributed by atoms with Gasteiger partial charge in [0.15, 0.2) is 0 Å². The molecule has 0 aromatic heterocycles. The maximum Gasteiger partial charge on any atom is 0.365 e. The van der Waals surface area contributed by atoms with Crippen molar-refractivity contribution >= 4 is 23.4 Å². The maximum absolute atomic E-state index is 11.8. The number of rotatable bonds is 4. The highest BCUT2D eigenvalue weighted by Crippen LogP contribution is 2.10. The van der Waals surface area contributed by atoms with E-state index in [0.717, 1.165) is 11.1 Å². The van der Waals surface area contributed by atoms with Gasteiger partial charge < -0.3 is 10.6 Å². The molecule has 108 valence electrons. The third kappa shape index (κ3) is 4.61. The number of halogens is 1. The first-order valence-electron chi connectivity index (χ1n) is 6.39. The lowest BCUT2D eigenvalue weighted by molar-refractivity contribution is 0.0515. The van der Waals surface area contributed by atoms with Crippen molar-refractivity contribution in [2.75, 3.05) is 0 Å². The second-order valence-corrected chi connectivity index (χ2v) is 5.07. The Labute approximate surface area is 128 Å². The molecule has 0 fully saturated rings. The summed E-state index contributed by atoms with van der Waals surface area (Å²) in [6.07, 6.45) is 0.387. The van der Waals surface area contributed by atoms with Gasteiger partial charge in [-0.2, -0.15) is 0 Å². The molecule has 5 heteroatoms. The lowest BCUT2D eigenvalue weighted by Gasteiger charge is -2.02. The molecule has 0 amide bonds.